The van der Waals surface area contributed by atoms with Gasteiger partial charge in [0.25, 0.3) is 11.6 Å². The molecule has 1 N–H and O–H groups in total. The van der Waals surface area contributed by atoms with Gasteiger partial charge in [0.05, 0.1) is 21.7 Å². The Hall–Kier alpha value is -3.41. The summed E-state index contributed by atoms with van der Waals surface area (Å²) in [6, 6.07) is 11.1. The molecule has 0 bridgehead atoms. The zero-order valence-electron chi connectivity index (χ0n) is 17.9. The van der Waals surface area contributed by atoms with Gasteiger partial charge in [0, 0.05) is 12.1 Å². The van der Waals surface area contributed by atoms with Crippen molar-refractivity contribution in [3.05, 3.63) is 82.4 Å². The van der Waals surface area contributed by atoms with Crippen LogP contribution in [0.15, 0.2) is 66.7 Å². The molecule has 0 aromatic heterocycles. The molecule has 4 atom stereocenters. The Bertz CT molecular complexity index is 1110. The Morgan fingerprint density at radius 1 is 1.24 bits per heavy atom. The number of nitro benzene ring substituents is 1. The van der Waals surface area contributed by atoms with Crippen molar-refractivity contribution in [2.75, 3.05) is 0 Å². The van der Waals surface area contributed by atoms with Crippen LogP contribution < -0.4 is 10.1 Å². The lowest BCUT2D eigenvalue weighted by Crippen LogP contribution is -2.76. The number of carbonyl (C=O) groups excluding carboxylic acids is 3. The maximum Gasteiger partial charge on any atom is 0.338 e. The van der Waals surface area contributed by atoms with Crippen LogP contribution in [0.1, 0.15) is 12.5 Å². The predicted molar refractivity (Wildman–Crippen MR) is 124 cm³/mol. The minimum absolute atomic E-state index is 0.00163. The molecule has 1 heterocycles. The van der Waals surface area contributed by atoms with Crippen molar-refractivity contribution in [2.24, 2.45) is 0 Å². The number of benzene rings is 2. The molecule has 2 amide bonds. The molecule has 0 radical (unpaired) electrons. The Morgan fingerprint density at radius 3 is 2.38 bits per heavy atom. The molecule has 12 heteroatoms. The number of nitrogens with one attached hydrogen (secondary N) is 1. The van der Waals surface area contributed by atoms with E-state index in [-0.39, 0.29) is 23.4 Å². The van der Waals surface area contributed by atoms with Crippen molar-refractivity contribution < 1.29 is 28.6 Å². The summed E-state index contributed by atoms with van der Waals surface area (Å²) in [7, 11) is 3.68. The van der Waals surface area contributed by atoms with E-state index < -0.39 is 50.6 Å². The smallest absolute Gasteiger partial charge is 0.338 e. The fourth-order valence-corrected chi connectivity index (χ4v) is 4.82. The van der Waals surface area contributed by atoms with Crippen molar-refractivity contribution in [1.29, 1.82) is 0 Å². The highest BCUT2D eigenvalue weighted by Gasteiger charge is 2.60. The van der Waals surface area contributed by atoms with Gasteiger partial charge in [0.2, 0.25) is 11.3 Å². The van der Waals surface area contributed by atoms with Gasteiger partial charge in [0.15, 0.2) is 22.8 Å². The molecule has 2 aromatic carbocycles. The van der Waals surface area contributed by atoms with Gasteiger partial charge >= 0.3 is 5.97 Å². The minimum atomic E-state index is -2.14. The van der Waals surface area contributed by atoms with Crippen LogP contribution in [-0.2, 0) is 31.2 Å². The zero-order chi connectivity index (χ0) is 25.0. The maximum absolute atomic E-state index is 12.9. The number of ether oxygens (including phenoxy) is 1. The molecular formula is C22H20ClN3O7S. The number of nitrogens with zero attached hydrogens (tertiary/aromatic N) is 2. The van der Waals surface area contributed by atoms with Gasteiger partial charge in [-0.2, -0.15) is 0 Å². The van der Waals surface area contributed by atoms with E-state index in [9.17, 15) is 29.1 Å². The number of amides is 2. The molecule has 10 nitrogen and oxygen atoms in total. The molecule has 1 aliphatic rings. The Labute approximate surface area is 202 Å². The van der Waals surface area contributed by atoms with E-state index in [2.05, 4.69) is 11.9 Å². The predicted octanol–water partition coefficient (Wildman–Crippen LogP) is 2.24. The zero-order valence-corrected chi connectivity index (χ0v) is 19.5. The van der Waals surface area contributed by atoms with Crippen LogP contribution in [0.25, 0.3) is 0 Å². The topological polar surface area (TPSA) is 142 Å². The fourth-order valence-electron chi connectivity index (χ4n) is 3.46. The van der Waals surface area contributed by atoms with Crippen molar-refractivity contribution in [2.45, 2.75) is 30.8 Å². The van der Waals surface area contributed by atoms with Crippen LogP contribution in [-0.4, -0.2) is 49.6 Å². The van der Waals surface area contributed by atoms with Gasteiger partial charge in [-0.15, -0.1) is 0 Å². The molecule has 1 saturated heterocycles. The Morgan fingerprint density at radius 2 is 1.85 bits per heavy atom. The van der Waals surface area contributed by atoms with Crippen LogP contribution in [0, 0.1) is 10.1 Å². The second kappa shape index (κ2) is 10.7. The number of rotatable bonds is 9. The third-order valence-electron chi connectivity index (χ3n) is 5.03. The SMILES string of the molecule is C=C(C)C(C(=O)Oc1ccc([N+](=O)[O-])cc1)N1C(=O)C(NC(=O)Cc2ccccc2)C1[S+]([O-])Cl. The lowest BCUT2D eigenvalue weighted by molar-refractivity contribution is -0.384. The summed E-state index contributed by atoms with van der Waals surface area (Å²) in [6.07, 6.45) is -0.00163. The second-order valence-electron chi connectivity index (χ2n) is 7.51. The van der Waals surface area contributed by atoms with E-state index in [1.165, 1.54) is 19.1 Å². The highest BCUT2D eigenvalue weighted by atomic mass is 35.7. The molecular weight excluding hydrogens is 486 g/mol. The molecule has 178 valence electrons. The molecule has 0 spiro atoms. The van der Waals surface area contributed by atoms with E-state index >= 15 is 0 Å². The quantitative estimate of drug-likeness (QED) is 0.105. The molecule has 4 unspecified atom stereocenters. The fraction of sp³-hybridized carbons (Fsp3) is 0.227. The van der Waals surface area contributed by atoms with Crippen LogP contribution in [0.5, 0.6) is 5.75 Å². The standard InChI is InChI=1S/C22H20ClN3O7S/c1-13(2)19(22(29)33-16-10-8-15(9-11-16)26(30)31)25-20(28)18(21(25)34(23)32)24-17(27)12-14-6-4-3-5-7-14/h3-11,18-19,21H,1,12H2,2H3,(H,24,27). The van der Waals surface area contributed by atoms with Crippen molar-refractivity contribution in [1.82, 2.24) is 10.2 Å². The molecule has 1 aliphatic heterocycles. The average molecular weight is 506 g/mol. The average Bonchev–Trinajstić information content (AvgIpc) is 2.78. The van der Waals surface area contributed by atoms with E-state index in [4.69, 9.17) is 15.4 Å². The molecule has 2 aromatic rings. The summed E-state index contributed by atoms with van der Waals surface area (Å²) in [5.41, 5.74) is 0.737. The summed E-state index contributed by atoms with van der Waals surface area (Å²) in [5, 5.41) is 12.1. The molecule has 34 heavy (non-hydrogen) atoms. The van der Waals surface area contributed by atoms with Crippen LogP contribution in [0.4, 0.5) is 5.69 Å². The normalized spacial score (nSPS) is 18.9. The van der Waals surface area contributed by atoms with Crippen molar-refractivity contribution >= 4 is 44.5 Å². The Balaban J connectivity index is 1.73. The summed E-state index contributed by atoms with van der Waals surface area (Å²) in [5.74, 6) is -2.06. The molecule has 0 aliphatic carbocycles. The number of nitro groups is 1. The van der Waals surface area contributed by atoms with Gasteiger partial charge in [-0.3, -0.25) is 24.6 Å². The number of hydrogen-bond donors (Lipinski definition) is 1. The number of β-lactam (4-membered cyclic amide) rings is 1. The van der Waals surface area contributed by atoms with E-state index in [0.29, 0.717) is 0 Å². The summed E-state index contributed by atoms with van der Waals surface area (Å²) >= 11 is 0. The second-order valence-corrected chi connectivity index (χ2v) is 9.41. The van der Waals surface area contributed by atoms with Gasteiger partial charge in [0.1, 0.15) is 5.75 Å². The number of likely N-dealkylation sites (tertiary alicyclic amines) is 1. The van der Waals surface area contributed by atoms with Gasteiger partial charge in [-0.1, -0.05) is 36.9 Å². The Kier molecular flexibility index (Phi) is 7.92. The number of hydrogen-bond acceptors (Lipinski definition) is 7. The number of non-ortho nitro benzene ring substituents is 1. The van der Waals surface area contributed by atoms with Crippen LogP contribution >= 0.6 is 10.7 Å². The van der Waals surface area contributed by atoms with Crippen molar-refractivity contribution in [3.63, 3.8) is 0 Å². The first kappa shape index (κ1) is 25.2. The van der Waals surface area contributed by atoms with Crippen LogP contribution in [0.2, 0.25) is 0 Å². The molecule has 1 fully saturated rings. The molecule has 3 rings (SSSR count). The number of esters is 1. The van der Waals surface area contributed by atoms with Gasteiger partial charge < -0.3 is 14.6 Å². The highest BCUT2D eigenvalue weighted by molar-refractivity contribution is 8.14. The summed E-state index contributed by atoms with van der Waals surface area (Å²) < 4.78 is 17.5. The largest absolute Gasteiger partial charge is 0.597 e. The highest BCUT2D eigenvalue weighted by Crippen LogP contribution is 2.33. The van der Waals surface area contributed by atoms with E-state index in [1.807, 2.05) is 0 Å². The third-order valence-corrected chi connectivity index (χ3v) is 6.45. The monoisotopic (exact) mass is 505 g/mol. The first-order valence-corrected chi connectivity index (χ1v) is 12.0. The minimum Gasteiger partial charge on any atom is -0.597 e. The maximum atomic E-state index is 12.9. The number of halogens is 1. The van der Waals surface area contributed by atoms with E-state index in [1.54, 1.807) is 30.3 Å². The summed E-state index contributed by atoms with van der Waals surface area (Å²) in [4.78, 5) is 49.3. The van der Waals surface area contributed by atoms with Crippen LogP contribution in [0.3, 0.4) is 0 Å². The molecule has 0 saturated carbocycles. The van der Waals surface area contributed by atoms with Gasteiger partial charge in [-0.25, -0.2) is 4.79 Å². The van der Waals surface area contributed by atoms with Crippen molar-refractivity contribution in [3.8, 4) is 5.75 Å². The third kappa shape index (κ3) is 5.56. The number of carbonyl (C=O) groups is 3. The lowest BCUT2D eigenvalue weighted by atomic mass is 9.99. The lowest BCUT2D eigenvalue weighted by Gasteiger charge is -2.47. The van der Waals surface area contributed by atoms with Gasteiger partial charge in [-0.05, 0) is 30.2 Å². The van der Waals surface area contributed by atoms with E-state index in [0.717, 1.165) is 22.6 Å². The first-order chi connectivity index (χ1) is 16.1. The summed E-state index contributed by atoms with van der Waals surface area (Å²) in [6.45, 7) is 5.19. The first-order valence-electron chi connectivity index (χ1n) is 9.94.